The maximum absolute atomic E-state index is 13.6. The number of carbonyl (C=O) groups is 3. The molecule has 2 atom stereocenters. The Labute approximate surface area is 188 Å². The van der Waals surface area contributed by atoms with Crippen molar-refractivity contribution >= 4 is 23.4 Å². The van der Waals surface area contributed by atoms with E-state index >= 15 is 0 Å². The summed E-state index contributed by atoms with van der Waals surface area (Å²) in [5, 5.41) is 0. The van der Waals surface area contributed by atoms with Gasteiger partial charge in [0.1, 0.15) is 23.4 Å². The first-order valence-electron chi connectivity index (χ1n) is 10.2. The number of β-lactam (4-membered cyclic amide) rings is 1. The molecular weight excluding hydrogens is 427 g/mol. The molecule has 3 amide bonds. The quantitative estimate of drug-likeness (QED) is 0.442. The molecule has 3 aromatic rings. The maximum Gasteiger partial charge on any atom is 0.262 e. The number of methoxy groups -OCH3 is 2. The van der Waals surface area contributed by atoms with Crippen LogP contribution in [0.1, 0.15) is 32.3 Å². The van der Waals surface area contributed by atoms with E-state index in [1.165, 1.54) is 31.3 Å². The molecule has 5 rings (SSSR count). The van der Waals surface area contributed by atoms with E-state index in [0.717, 1.165) is 4.90 Å². The lowest BCUT2D eigenvalue weighted by Gasteiger charge is -2.50. The number of hydrogen-bond acceptors (Lipinski definition) is 5. The normalized spacial score (nSPS) is 19.4. The van der Waals surface area contributed by atoms with Gasteiger partial charge in [-0.25, -0.2) is 4.39 Å². The Balaban J connectivity index is 1.60. The number of anilines is 1. The molecule has 0 N–H and O–H groups in total. The lowest BCUT2D eigenvalue weighted by molar-refractivity contribution is -0.130. The summed E-state index contributed by atoms with van der Waals surface area (Å²) in [5.41, 5.74) is 1.54. The zero-order valence-electron chi connectivity index (χ0n) is 17.8. The second-order valence-electron chi connectivity index (χ2n) is 7.71. The fourth-order valence-corrected chi connectivity index (χ4v) is 4.43. The summed E-state index contributed by atoms with van der Waals surface area (Å²) in [6.45, 7) is 0. The molecule has 8 heteroatoms. The summed E-state index contributed by atoms with van der Waals surface area (Å²) in [7, 11) is 2.99. The Bertz CT molecular complexity index is 1260. The molecule has 2 aliphatic rings. The van der Waals surface area contributed by atoms with Gasteiger partial charge in [0.05, 0.1) is 37.1 Å². The van der Waals surface area contributed by atoms with E-state index in [4.69, 9.17) is 9.47 Å². The van der Waals surface area contributed by atoms with Crippen molar-refractivity contribution in [3.05, 3.63) is 89.2 Å². The highest BCUT2D eigenvalue weighted by molar-refractivity contribution is 6.24. The second kappa shape index (κ2) is 7.74. The van der Waals surface area contributed by atoms with Crippen LogP contribution < -0.4 is 14.4 Å². The first-order valence-corrected chi connectivity index (χ1v) is 10.2. The summed E-state index contributed by atoms with van der Waals surface area (Å²) in [4.78, 5) is 42.2. The number of halogens is 1. The molecule has 0 radical (unpaired) electrons. The molecule has 33 heavy (non-hydrogen) atoms. The molecule has 1 fully saturated rings. The monoisotopic (exact) mass is 446 g/mol. The van der Waals surface area contributed by atoms with Gasteiger partial charge >= 0.3 is 0 Å². The van der Waals surface area contributed by atoms with E-state index in [2.05, 4.69) is 0 Å². The van der Waals surface area contributed by atoms with Crippen molar-refractivity contribution in [2.24, 2.45) is 0 Å². The van der Waals surface area contributed by atoms with Crippen LogP contribution in [0.2, 0.25) is 0 Å². The minimum absolute atomic E-state index is 0.258. The molecule has 2 heterocycles. The van der Waals surface area contributed by atoms with Crippen molar-refractivity contribution in [3.63, 3.8) is 0 Å². The van der Waals surface area contributed by atoms with Gasteiger partial charge in [-0.3, -0.25) is 24.2 Å². The third-order valence-electron chi connectivity index (χ3n) is 6.03. The van der Waals surface area contributed by atoms with Gasteiger partial charge < -0.3 is 9.47 Å². The second-order valence-corrected chi connectivity index (χ2v) is 7.71. The van der Waals surface area contributed by atoms with Crippen molar-refractivity contribution < 1.29 is 28.2 Å². The van der Waals surface area contributed by atoms with Crippen LogP contribution in [0.4, 0.5) is 10.1 Å². The molecule has 3 aromatic carbocycles. The molecule has 1 saturated heterocycles. The highest BCUT2D eigenvalue weighted by Gasteiger charge is 2.57. The van der Waals surface area contributed by atoms with Gasteiger partial charge in [-0.15, -0.1) is 0 Å². The molecule has 0 bridgehead atoms. The highest BCUT2D eigenvalue weighted by atomic mass is 19.1. The third kappa shape index (κ3) is 3.06. The molecule has 0 aromatic heterocycles. The SMILES string of the molecule is COc1ccc(N2C(=O)[C@@H](N3C(=O)c4ccccc4C3=O)[C@@H]2c2ccc(F)cc2)c(OC)c1. The number of ether oxygens (including phenoxy) is 2. The lowest BCUT2D eigenvalue weighted by Crippen LogP contribution is -2.67. The van der Waals surface area contributed by atoms with Crippen molar-refractivity contribution in [1.82, 2.24) is 4.90 Å². The van der Waals surface area contributed by atoms with Gasteiger partial charge in [-0.1, -0.05) is 24.3 Å². The number of hydrogen-bond donors (Lipinski definition) is 0. The molecule has 0 spiro atoms. The number of fused-ring (bicyclic) bond motifs is 1. The van der Waals surface area contributed by atoms with Crippen LogP contribution in [0, 0.1) is 5.82 Å². The summed E-state index contributed by atoms with van der Waals surface area (Å²) >= 11 is 0. The van der Waals surface area contributed by atoms with Gasteiger partial charge in [-0.2, -0.15) is 0 Å². The first-order chi connectivity index (χ1) is 16.0. The van der Waals surface area contributed by atoms with Crippen molar-refractivity contribution in [1.29, 1.82) is 0 Å². The van der Waals surface area contributed by atoms with Crippen LogP contribution in [0.15, 0.2) is 66.7 Å². The number of amides is 3. The van der Waals surface area contributed by atoms with Gasteiger partial charge in [0.2, 0.25) is 0 Å². The molecule has 166 valence electrons. The van der Waals surface area contributed by atoms with Gasteiger partial charge in [0.25, 0.3) is 17.7 Å². The summed E-state index contributed by atoms with van der Waals surface area (Å²) in [6, 6.07) is 15.3. The van der Waals surface area contributed by atoms with Gasteiger partial charge in [-0.05, 0) is 42.0 Å². The Hall–Kier alpha value is -4.20. The average Bonchev–Trinajstić information content (AvgIpc) is 3.08. The van der Waals surface area contributed by atoms with E-state index in [9.17, 15) is 18.8 Å². The predicted octanol–water partition coefficient (Wildman–Crippen LogP) is 3.60. The van der Waals surface area contributed by atoms with Crippen LogP contribution in [0.5, 0.6) is 11.5 Å². The van der Waals surface area contributed by atoms with E-state index in [1.807, 2.05) is 0 Å². The Morgan fingerprint density at radius 1 is 0.758 bits per heavy atom. The highest BCUT2D eigenvalue weighted by Crippen LogP contribution is 2.47. The Kier molecular flexibility index (Phi) is 4.85. The van der Waals surface area contributed by atoms with Gasteiger partial charge in [0, 0.05) is 6.07 Å². The Morgan fingerprint density at radius 2 is 1.39 bits per heavy atom. The molecule has 0 aliphatic carbocycles. The minimum Gasteiger partial charge on any atom is -0.497 e. The number of nitrogens with zero attached hydrogens (tertiary/aromatic N) is 2. The molecular formula is C25H19FN2O5. The van der Waals surface area contributed by atoms with E-state index in [1.54, 1.807) is 54.6 Å². The standard InChI is InChI=1S/C25H19FN2O5/c1-32-16-11-12-19(20(13-16)33-2)27-21(14-7-9-15(26)10-8-14)22(25(27)31)28-23(29)17-5-3-4-6-18(17)24(28)30/h3-13,21-22H,1-2H3/t21-,22-/m0/s1. The zero-order chi connectivity index (χ0) is 23.3. The van der Waals surface area contributed by atoms with E-state index in [-0.39, 0.29) is 11.1 Å². The van der Waals surface area contributed by atoms with Crippen LogP contribution in [0.3, 0.4) is 0 Å². The van der Waals surface area contributed by atoms with Gasteiger partial charge in [0.15, 0.2) is 0 Å². The van der Waals surface area contributed by atoms with Crippen molar-refractivity contribution in [2.45, 2.75) is 12.1 Å². The summed E-state index contributed by atoms with van der Waals surface area (Å²) in [6.07, 6.45) is 0. The van der Waals surface area contributed by atoms with Crippen LogP contribution >= 0.6 is 0 Å². The molecule has 0 unspecified atom stereocenters. The molecule has 0 saturated carbocycles. The van der Waals surface area contributed by atoms with Crippen LogP contribution in [0.25, 0.3) is 0 Å². The maximum atomic E-state index is 13.6. The predicted molar refractivity (Wildman–Crippen MR) is 117 cm³/mol. The van der Waals surface area contributed by atoms with Crippen molar-refractivity contribution in [3.8, 4) is 11.5 Å². The van der Waals surface area contributed by atoms with E-state index < -0.39 is 35.6 Å². The van der Waals surface area contributed by atoms with E-state index in [0.29, 0.717) is 22.7 Å². The summed E-state index contributed by atoms with van der Waals surface area (Å²) < 4.78 is 24.3. The Morgan fingerprint density at radius 3 is 1.97 bits per heavy atom. The number of rotatable bonds is 5. The number of benzene rings is 3. The van der Waals surface area contributed by atoms with Crippen LogP contribution in [-0.2, 0) is 4.79 Å². The smallest absolute Gasteiger partial charge is 0.262 e. The number of carbonyl (C=O) groups excluding carboxylic acids is 3. The average molecular weight is 446 g/mol. The molecule has 7 nitrogen and oxygen atoms in total. The lowest BCUT2D eigenvalue weighted by atomic mass is 9.86. The zero-order valence-corrected chi connectivity index (χ0v) is 17.8. The largest absolute Gasteiger partial charge is 0.497 e. The fourth-order valence-electron chi connectivity index (χ4n) is 4.43. The number of imide groups is 1. The first kappa shape index (κ1) is 20.7. The third-order valence-corrected chi connectivity index (χ3v) is 6.03. The minimum atomic E-state index is -1.07. The van der Waals surface area contributed by atoms with Crippen LogP contribution in [-0.4, -0.2) is 42.9 Å². The molecule has 2 aliphatic heterocycles. The topological polar surface area (TPSA) is 76.2 Å². The summed E-state index contributed by atoms with van der Waals surface area (Å²) in [5.74, 6) is -1.00. The van der Waals surface area contributed by atoms with Crippen molar-refractivity contribution in [2.75, 3.05) is 19.1 Å². The fraction of sp³-hybridized carbons (Fsp3) is 0.160.